The number of hydrogen-bond acceptors (Lipinski definition) is 4. The van der Waals surface area contributed by atoms with Crippen LogP contribution in [-0.4, -0.2) is 55.7 Å². The van der Waals surface area contributed by atoms with Crippen LogP contribution in [-0.2, 0) is 0 Å². The predicted molar refractivity (Wildman–Crippen MR) is 70.1 cm³/mol. The van der Waals surface area contributed by atoms with Crippen molar-refractivity contribution in [2.24, 2.45) is 0 Å². The maximum absolute atomic E-state index is 13.1. The van der Waals surface area contributed by atoms with E-state index in [2.05, 4.69) is 10.6 Å². The van der Waals surface area contributed by atoms with Crippen molar-refractivity contribution in [3.63, 3.8) is 0 Å². The second kappa shape index (κ2) is 6.48. The number of carbonyl (C=O) groups is 1. The molecule has 1 amide bonds. The number of alkyl halides is 3. The standard InChI is InChI=1S/C13H18F3N3O2/c1-9-2-7-21-11(9)12(20)18-8-10(13(14,15)16)19-5-3-17-4-6-19/h2,7,10,17H,3-6,8H2,1H3,(H,18,20). The fourth-order valence-electron chi connectivity index (χ4n) is 2.32. The molecule has 2 rings (SSSR count). The summed E-state index contributed by atoms with van der Waals surface area (Å²) in [6, 6.07) is -0.0919. The fourth-order valence-corrected chi connectivity index (χ4v) is 2.32. The lowest BCUT2D eigenvalue weighted by Crippen LogP contribution is -2.57. The molecular weight excluding hydrogens is 287 g/mol. The number of rotatable bonds is 4. The molecule has 1 aromatic rings. The zero-order valence-electron chi connectivity index (χ0n) is 11.7. The molecule has 1 aliphatic heterocycles. The molecule has 0 saturated carbocycles. The monoisotopic (exact) mass is 305 g/mol. The number of aryl methyl sites for hydroxylation is 1. The van der Waals surface area contributed by atoms with E-state index in [1.807, 2.05) is 0 Å². The molecule has 1 unspecified atom stereocenters. The van der Waals surface area contributed by atoms with Gasteiger partial charge >= 0.3 is 6.18 Å². The zero-order chi connectivity index (χ0) is 15.5. The van der Waals surface area contributed by atoms with Gasteiger partial charge in [0.25, 0.3) is 5.91 Å². The van der Waals surface area contributed by atoms with E-state index < -0.39 is 24.7 Å². The summed E-state index contributed by atoms with van der Waals surface area (Å²) < 4.78 is 44.4. The molecule has 118 valence electrons. The second-order valence-electron chi connectivity index (χ2n) is 4.99. The molecule has 1 aliphatic rings. The second-order valence-corrected chi connectivity index (χ2v) is 4.99. The van der Waals surface area contributed by atoms with Crippen molar-refractivity contribution < 1.29 is 22.4 Å². The van der Waals surface area contributed by atoms with Crippen LogP contribution in [0, 0.1) is 6.92 Å². The number of halogens is 3. The van der Waals surface area contributed by atoms with Gasteiger partial charge in [0.05, 0.1) is 6.26 Å². The molecule has 0 radical (unpaired) electrons. The first-order valence-electron chi connectivity index (χ1n) is 6.73. The maximum atomic E-state index is 13.1. The van der Waals surface area contributed by atoms with Gasteiger partial charge in [0.15, 0.2) is 5.76 Å². The third-order valence-corrected chi connectivity index (χ3v) is 3.49. The number of hydrogen-bond donors (Lipinski definition) is 2. The molecular formula is C13H18F3N3O2. The largest absolute Gasteiger partial charge is 0.459 e. The number of piperazine rings is 1. The number of nitrogens with zero attached hydrogens (tertiary/aromatic N) is 1. The Labute approximate surface area is 120 Å². The molecule has 2 heterocycles. The van der Waals surface area contributed by atoms with Crippen molar-refractivity contribution in [1.82, 2.24) is 15.5 Å². The highest BCUT2D eigenvalue weighted by molar-refractivity contribution is 5.92. The molecule has 0 aromatic carbocycles. The van der Waals surface area contributed by atoms with E-state index in [-0.39, 0.29) is 5.76 Å². The molecule has 1 saturated heterocycles. The van der Waals surface area contributed by atoms with E-state index in [9.17, 15) is 18.0 Å². The van der Waals surface area contributed by atoms with Gasteiger partial charge in [-0.25, -0.2) is 0 Å². The summed E-state index contributed by atoms with van der Waals surface area (Å²) in [5.74, 6) is -0.571. The van der Waals surface area contributed by atoms with Crippen LogP contribution in [0.25, 0.3) is 0 Å². The van der Waals surface area contributed by atoms with Gasteiger partial charge in [-0.2, -0.15) is 13.2 Å². The summed E-state index contributed by atoms with van der Waals surface area (Å²) in [4.78, 5) is 13.2. The lowest BCUT2D eigenvalue weighted by atomic mass is 10.2. The first-order chi connectivity index (χ1) is 9.89. The molecule has 8 heteroatoms. The normalized spacial score (nSPS) is 18.5. The summed E-state index contributed by atoms with van der Waals surface area (Å²) in [5.41, 5.74) is 0.596. The molecule has 0 aliphatic carbocycles. The van der Waals surface area contributed by atoms with Crippen LogP contribution in [0.4, 0.5) is 13.2 Å². The molecule has 0 spiro atoms. The van der Waals surface area contributed by atoms with Crippen LogP contribution in [0.3, 0.4) is 0 Å². The smallest absolute Gasteiger partial charge is 0.405 e. The van der Waals surface area contributed by atoms with Gasteiger partial charge in [-0.1, -0.05) is 0 Å². The number of furan rings is 1. The number of amides is 1. The Balaban J connectivity index is 1.99. The van der Waals surface area contributed by atoms with Gasteiger partial charge in [0.1, 0.15) is 6.04 Å². The lowest BCUT2D eigenvalue weighted by molar-refractivity contribution is -0.183. The molecule has 1 atom stereocenters. The minimum Gasteiger partial charge on any atom is -0.459 e. The molecule has 5 nitrogen and oxygen atoms in total. The minimum absolute atomic E-state index is 0.0521. The highest BCUT2D eigenvalue weighted by Gasteiger charge is 2.43. The Morgan fingerprint density at radius 2 is 2.14 bits per heavy atom. The summed E-state index contributed by atoms with van der Waals surface area (Å²) in [6.45, 7) is 2.81. The van der Waals surface area contributed by atoms with Crippen LogP contribution in [0.1, 0.15) is 16.1 Å². The molecule has 1 aromatic heterocycles. The predicted octanol–water partition coefficient (Wildman–Crippen LogP) is 1.15. The van der Waals surface area contributed by atoms with Crippen LogP contribution < -0.4 is 10.6 Å². The van der Waals surface area contributed by atoms with E-state index in [0.29, 0.717) is 31.7 Å². The maximum Gasteiger partial charge on any atom is 0.405 e. The van der Waals surface area contributed by atoms with Gasteiger partial charge in [0.2, 0.25) is 0 Å². The fraction of sp³-hybridized carbons (Fsp3) is 0.615. The van der Waals surface area contributed by atoms with Gasteiger partial charge in [0, 0.05) is 38.3 Å². The number of nitrogens with one attached hydrogen (secondary N) is 2. The SMILES string of the molecule is Cc1ccoc1C(=O)NCC(N1CCNCC1)C(F)(F)F. The first-order valence-corrected chi connectivity index (χ1v) is 6.73. The third-order valence-electron chi connectivity index (χ3n) is 3.49. The Morgan fingerprint density at radius 1 is 1.48 bits per heavy atom. The highest BCUT2D eigenvalue weighted by atomic mass is 19.4. The Kier molecular flexibility index (Phi) is 4.89. The van der Waals surface area contributed by atoms with Crippen LogP contribution in [0.15, 0.2) is 16.7 Å². The van der Waals surface area contributed by atoms with E-state index in [0.717, 1.165) is 0 Å². The molecule has 21 heavy (non-hydrogen) atoms. The van der Waals surface area contributed by atoms with Gasteiger partial charge < -0.3 is 15.1 Å². The van der Waals surface area contributed by atoms with Crippen molar-refractivity contribution >= 4 is 5.91 Å². The van der Waals surface area contributed by atoms with Crippen LogP contribution in [0.2, 0.25) is 0 Å². The summed E-state index contributed by atoms with van der Waals surface area (Å²) in [6.07, 6.45) is -3.05. The van der Waals surface area contributed by atoms with Crippen molar-refractivity contribution in [1.29, 1.82) is 0 Å². The van der Waals surface area contributed by atoms with E-state index in [4.69, 9.17) is 4.42 Å². The van der Waals surface area contributed by atoms with Crippen molar-refractivity contribution in [2.45, 2.75) is 19.1 Å². The van der Waals surface area contributed by atoms with E-state index >= 15 is 0 Å². The minimum atomic E-state index is -4.39. The van der Waals surface area contributed by atoms with E-state index in [1.165, 1.54) is 11.2 Å². The van der Waals surface area contributed by atoms with Crippen LogP contribution >= 0.6 is 0 Å². The highest BCUT2D eigenvalue weighted by Crippen LogP contribution is 2.25. The Morgan fingerprint density at radius 3 is 2.67 bits per heavy atom. The Bertz CT molecular complexity index is 481. The van der Waals surface area contributed by atoms with Gasteiger partial charge in [-0.05, 0) is 13.0 Å². The quantitative estimate of drug-likeness (QED) is 0.876. The average Bonchev–Trinajstić information content (AvgIpc) is 2.85. The molecule has 0 bridgehead atoms. The van der Waals surface area contributed by atoms with Crippen LogP contribution in [0.5, 0.6) is 0 Å². The molecule has 2 N–H and O–H groups in total. The Hall–Kier alpha value is -1.54. The summed E-state index contributed by atoms with van der Waals surface area (Å²) >= 11 is 0. The summed E-state index contributed by atoms with van der Waals surface area (Å²) in [5, 5.41) is 5.32. The summed E-state index contributed by atoms with van der Waals surface area (Å²) in [7, 11) is 0. The zero-order valence-corrected chi connectivity index (χ0v) is 11.7. The first kappa shape index (κ1) is 15.8. The third kappa shape index (κ3) is 3.98. The molecule has 1 fully saturated rings. The van der Waals surface area contributed by atoms with Crippen molar-refractivity contribution in [3.05, 3.63) is 23.7 Å². The van der Waals surface area contributed by atoms with Crippen molar-refractivity contribution in [3.8, 4) is 0 Å². The lowest BCUT2D eigenvalue weighted by Gasteiger charge is -2.35. The van der Waals surface area contributed by atoms with Gasteiger partial charge in [-0.15, -0.1) is 0 Å². The number of carbonyl (C=O) groups excluding carboxylic acids is 1. The average molecular weight is 305 g/mol. The van der Waals surface area contributed by atoms with Crippen molar-refractivity contribution in [2.75, 3.05) is 32.7 Å². The van der Waals surface area contributed by atoms with E-state index in [1.54, 1.807) is 13.0 Å². The van der Waals surface area contributed by atoms with Gasteiger partial charge in [-0.3, -0.25) is 9.69 Å². The topological polar surface area (TPSA) is 57.5 Å².